The molecule has 1 aliphatic rings. The highest BCUT2D eigenvalue weighted by atomic mass is 16.5. The summed E-state index contributed by atoms with van der Waals surface area (Å²) in [6.45, 7) is 11.4. The molecule has 1 aromatic heterocycles. The number of urea groups is 1. The maximum Gasteiger partial charge on any atom is 0.322 e. The number of ether oxygens (including phenoxy) is 1. The molecule has 0 spiro atoms. The number of hydrogen-bond acceptors (Lipinski definition) is 3. The van der Waals surface area contributed by atoms with Crippen LogP contribution in [0.4, 0.5) is 10.5 Å². The minimum Gasteiger partial charge on any atom is -0.375 e. The maximum absolute atomic E-state index is 12.5. The molecular weight excluding hydrogens is 292 g/mol. The molecule has 6 nitrogen and oxygen atoms in total. The number of rotatable bonds is 6. The average Bonchev–Trinajstić information content (AvgIpc) is 2.88. The summed E-state index contributed by atoms with van der Waals surface area (Å²) in [5.41, 5.74) is 1.92. The van der Waals surface area contributed by atoms with Crippen molar-refractivity contribution < 1.29 is 9.53 Å². The SMILES string of the molecule is CCCC1CN(C(=O)Nc2cnn(CC(C)C)c2CC)CCO1. The van der Waals surface area contributed by atoms with E-state index in [1.807, 2.05) is 9.58 Å². The molecule has 0 aliphatic carbocycles. The fourth-order valence-electron chi connectivity index (χ4n) is 2.99. The zero-order chi connectivity index (χ0) is 16.8. The molecule has 1 atom stereocenters. The number of carbonyl (C=O) groups is 1. The van der Waals surface area contributed by atoms with E-state index < -0.39 is 0 Å². The third kappa shape index (κ3) is 4.70. The number of amides is 2. The van der Waals surface area contributed by atoms with Crippen molar-refractivity contribution in [2.45, 2.75) is 59.6 Å². The molecule has 2 amide bonds. The highest BCUT2D eigenvalue weighted by molar-refractivity contribution is 5.89. The van der Waals surface area contributed by atoms with Crippen LogP contribution in [0, 0.1) is 5.92 Å². The molecule has 1 N–H and O–H groups in total. The predicted octanol–water partition coefficient (Wildman–Crippen LogP) is 3.13. The smallest absolute Gasteiger partial charge is 0.322 e. The number of carbonyl (C=O) groups excluding carboxylic acids is 1. The van der Waals surface area contributed by atoms with Gasteiger partial charge in [0.1, 0.15) is 0 Å². The van der Waals surface area contributed by atoms with E-state index in [0.29, 0.717) is 25.6 Å². The topological polar surface area (TPSA) is 59.4 Å². The highest BCUT2D eigenvalue weighted by Gasteiger charge is 2.24. The monoisotopic (exact) mass is 322 g/mol. The first-order valence-electron chi connectivity index (χ1n) is 8.77. The maximum atomic E-state index is 12.5. The minimum absolute atomic E-state index is 0.0480. The van der Waals surface area contributed by atoms with Gasteiger partial charge >= 0.3 is 6.03 Å². The van der Waals surface area contributed by atoms with E-state index in [1.165, 1.54) is 0 Å². The van der Waals surface area contributed by atoms with Crippen LogP contribution >= 0.6 is 0 Å². The van der Waals surface area contributed by atoms with E-state index in [4.69, 9.17) is 4.74 Å². The van der Waals surface area contributed by atoms with Gasteiger partial charge in [0.2, 0.25) is 0 Å². The Kier molecular flexibility index (Phi) is 6.45. The molecule has 6 heteroatoms. The Labute approximate surface area is 139 Å². The van der Waals surface area contributed by atoms with Gasteiger partial charge in [-0.1, -0.05) is 34.1 Å². The first-order chi connectivity index (χ1) is 11.0. The van der Waals surface area contributed by atoms with E-state index >= 15 is 0 Å². The first kappa shape index (κ1) is 17.8. The Morgan fingerprint density at radius 1 is 1.48 bits per heavy atom. The predicted molar refractivity (Wildman–Crippen MR) is 91.7 cm³/mol. The molecule has 23 heavy (non-hydrogen) atoms. The van der Waals surface area contributed by atoms with Crippen LogP contribution in [-0.4, -0.2) is 46.5 Å². The fourth-order valence-corrected chi connectivity index (χ4v) is 2.99. The van der Waals surface area contributed by atoms with Crippen molar-refractivity contribution in [3.8, 4) is 0 Å². The van der Waals surface area contributed by atoms with Gasteiger partial charge < -0.3 is 15.0 Å². The van der Waals surface area contributed by atoms with Gasteiger partial charge in [0.15, 0.2) is 0 Å². The molecule has 0 aromatic carbocycles. The molecule has 1 saturated heterocycles. The summed E-state index contributed by atoms with van der Waals surface area (Å²) < 4.78 is 7.70. The summed E-state index contributed by atoms with van der Waals surface area (Å²) in [7, 11) is 0. The van der Waals surface area contributed by atoms with Crippen LogP contribution in [0.25, 0.3) is 0 Å². The van der Waals surface area contributed by atoms with Crippen molar-refractivity contribution in [1.82, 2.24) is 14.7 Å². The van der Waals surface area contributed by atoms with E-state index in [-0.39, 0.29) is 12.1 Å². The Hall–Kier alpha value is -1.56. The lowest BCUT2D eigenvalue weighted by atomic mass is 10.2. The van der Waals surface area contributed by atoms with Gasteiger partial charge in [-0.3, -0.25) is 4.68 Å². The van der Waals surface area contributed by atoms with Crippen LogP contribution in [0.3, 0.4) is 0 Å². The van der Waals surface area contributed by atoms with Gasteiger partial charge in [0.25, 0.3) is 0 Å². The van der Waals surface area contributed by atoms with Crippen molar-refractivity contribution in [2.24, 2.45) is 5.92 Å². The normalized spacial score (nSPS) is 18.5. The Balaban J connectivity index is 2.01. The third-order valence-electron chi connectivity index (χ3n) is 4.10. The van der Waals surface area contributed by atoms with Crippen LogP contribution < -0.4 is 5.32 Å². The van der Waals surface area contributed by atoms with Crippen molar-refractivity contribution in [2.75, 3.05) is 25.0 Å². The fraction of sp³-hybridized carbons (Fsp3) is 0.765. The van der Waals surface area contributed by atoms with Crippen LogP contribution in [-0.2, 0) is 17.7 Å². The molecule has 2 rings (SSSR count). The van der Waals surface area contributed by atoms with E-state index in [1.54, 1.807) is 6.20 Å². The largest absolute Gasteiger partial charge is 0.375 e. The standard InChI is InChI=1S/C17H30N4O2/c1-5-7-14-12-20(8-9-23-14)17(22)19-15-10-18-21(11-13(3)4)16(15)6-2/h10,13-14H,5-9,11-12H2,1-4H3,(H,19,22). The van der Waals surface area contributed by atoms with Crippen LogP contribution in [0.2, 0.25) is 0 Å². The Bertz CT molecular complexity index is 511. The molecule has 1 unspecified atom stereocenters. The summed E-state index contributed by atoms with van der Waals surface area (Å²) in [5, 5.41) is 7.46. The van der Waals surface area contributed by atoms with Gasteiger partial charge in [-0.05, 0) is 18.8 Å². The molecule has 0 radical (unpaired) electrons. The Morgan fingerprint density at radius 2 is 2.26 bits per heavy atom. The molecule has 1 fully saturated rings. The summed E-state index contributed by atoms with van der Waals surface area (Å²) in [5.74, 6) is 0.526. The van der Waals surface area contributed by atoms with Crippen molar-refractivity contribution >= 4 is 11.7 Å². The number of nitrogens with zero attached hydrogens (tertiary/aromatic N) is 3. The highest BCUT2D eigenvalue weighted by Crippen LogP contribution is 2.19. The van der Waals surface area contributed by atoms with Crippen LogP contribution in [0.5, 0.6) is 0 Å². The molecular formula is C17H30N4O2. The lowest BCUT2D eigenvalue weighted by molar-refractivity contribution is -0.0162. The number of aromatic nitrogens is 2. The number of nitrogens with one attached hydrogen (secondary N) is 1. The average molecular weight is 322 g/mol. The first-order valence-corrected chi connectivity index (χ1v) is 8.77. The minimum atomic E-state index is -0.0480. The quantitative estimate of drug-likeness (QED) is 0.875. The molecule has 0 bridgehead atoms. The molecule has 0 saturated carbocycles. The van der Waals surface area contributed by atoms with Crippen LogP contribution in [0.15, 0.2) is 6.20 Å². The number of anilines is 1. The van der Waals surface area contributed by atoms with Gasteiger partial charge in [-0.2, -0.15) is 5.10 Å². The second kappa shape index (κ2) is 8.34. The van der Waals surface area contributed by atoms with E-state index in [0.717, 1.165) is 37.2 Å². The molecule has 1 aromatic rings. The number of hydrogen-bond donors (Lipinski definition) is 1. The second-order valence-electron chi connectivity index (χ2n) is 6.59. The third-order valence-corrected chi connectivity index (χ3v) is 4.10. The summed E-state index contributed by atoms with van der Waals surface area (Å²) in [6.07, 6.45) is 4.85. The molecule has 1 aliphatic heterocycles. The zero-order valence-electron chi connectivity index (χ0n) is 14.8. The van der Waals surface area contributed by atoms with Crippen molar-refractivity contribution in [3.05, 3.63) is 11.9 Å². The summed E-state index contributed by atoms with van der Waals surface area (Å²) in [6, 6.07) is -0.0480. The second-order valence-corrected chi connectivity index (χ2v) is 6.59. The van der Waals surface area contributed by atoms with Crippen molar-refractivity contribution in [1.29, 1.82) is 0 Å². The van der Waals surface area contributed by atoms with Gasteiger partial charge in [0.05, 0.1) is 30.3 Å². The van der Waals surface area contributed by atoms with Gasteiger partial charge in [0, 0.05) is 19.6 Å². The van der Waals surface area contributed by atoms with E-state index in [9.17, 15) is 4.79 Å². The summed E-state index contributed by atoms with van der Waals surface area (Å²) >= 11 is 0. The van der Waals surface area contributed by atoms with Gasteiger partial charge in [-0.25, -0.2) is 4.79 Å². The lowest BCUT2D eigenvalue weighted by Gasteiger charge is -2.32. The van der Waals surface area contributed by atoms with Crippen LogP contribution in [0.1, 0.15) is 46.2 Å². The summed E-state index contributed by atoms with van der Waals surface area (Å²) in [4.78, 5) is 14.4. The molecule has 130 valence electrons. The zero-order valence-corrected chi connectivity index (χ0v) is 14.8. The van der Waals surface area contributed by atoms with Gasteiger partial charge in [-0.15, -0.1) is 0 Å². The van der Waals surface area contributed by atoms with Crippen molar-refractivity contribution in [3.63, 3.8) is 0 Å². The lowest BCUT2D eigenvalue weighted by Crippen LogP contribution is -2.47. The van der Waals surface area contributed by atoms with E-state index in [2.05, 4.69) is 38.1 Å². The Morgan fingerprint density at radius 3 is 2.91 bits per heavy atom. The molecule has 2 heterocycles. The number of morpholine rings is 1.